The van der Waals surface area contributed by atoms with Gasteiger partial charge < -0.3 is 5.32 Å². The zero-order valence-corrected chi connectivity index (χ0v) is 11.7. The molecule has 4 heteroatoms. The van der Waals surface area contributed by atoms with Crippen molar-refractivity contribution in [3.63, 3.8) is 0 Å². The molecule has 1 aromatic rings. The van der Waals surface area contributed by atoms with E-state index in [2.05, 4.69) is 5.32 Å². The fourth-order valence-corrected chi connectivity index (χ4v) is 4.50. The van der Waals surface area contributed by atoms with Gasteiger partial charge in [-0.2, -0.15) is 23.5 Å². The van der Waals surface area contributed by atoms with Crippen molar-refractivity contribution in [3.05, 3.63) is 35.1 Å². The van der Waals surface area contributed by atoms with Gasteiger partial charge in [-0.05, 0) is 30.2 Å². The molecule has 1 N–H and O–H groups in total. The van der Waals surface area contributed by atoms with Crippen molar-refractivity contribution in [1.29, 1.82) is 0 Å². The van der Waals surface area contributed by atoms with E-state index < -0.39 is 0 Å². The maximum Gasteiger partial charge on any atom is 0.123 e. The van der Waals surface area contributed by atoms with Crippen LogP contribution in [-0.2, 0) is 6.54 Å². The molecular formula is C13H18FNS2. The second kappa shape index (κ2) is 6.66. The Hall–Kier alpha value is -0.190. The van der Waals surface area contributed by atoms with Crippen molar-refractivity contribution in [2.24, 2.45) is 0 Å². The summed E-state index contributed by atoms with van der Waals surface area (Å²) < 4.78 is 13.1. The van der Waals surface area contributed by atoms with E-state index in [1.807, 2.05) is 36.5 Å². The molecule has 1 heterocycles. The summed E-state index contributed by atoms with van der Waals surface area (Å²) in [7, 11) is 0. The first-order valence-electron chi connectivity index (χ1n) is 5.91. The molecule has 94 valence electrons. The van der Waals surface area contributed by atoms with Gasteiger partial charge in [-0.25, -0.2) is 4.39 Å². The van der Waals surface area contributed by atoms with Gasteiger partial charge in [0.2, 0.25) is 0 Å². The molecule has 1 fully saturated rings. The molecule has 1 aromatic carbocycles. The average molecular weight is 271 g/mol. The number of halogens is 1. The Bertz CT molecular complexity index is 364. The molecule has 0 amide bonds. The number of thioether (sulfide) groups is 2. The minimum atomic E-state index is -0.144. The topological polar surface area (TPSA) is 12.0 Å². The number of benzene rings is 1. The van der Waals surface area contributed by atoms with Crippen LogP contribution in [0.15, 0.2) is 18.2 Å². The largest absolute Gasteiger partial charge is 0.312 e. The van der Waals surface area contributed by atoms with Crippen LogP contribution in [0.2, 0.25) is 0 Å². The average Bonchev–Trinajstić information content (AvgIpc) is 2.35. The Morgan fingerprint density at radius 3 is 3.06 bits per heavy atom. The van der Waals surface area contributed by atoms with Crippen LogP contribution in [0.1, 0.15) is 11.1 Å². The maximum absolute atomic E-state index is 13.1. The molecule has 17 heavy (non-hydrogen) atoms. The van der Waals surface area contributed by atoms with Crippen LogP contribution in [0.5, 0.6) is 0 Å². The van der Waals surface area contributed by atoms with Crippen molar-refractivity contribution in [2.75, 3.05) is 23.8 Å². The molecule has 1 unspecified atom stereocenters. The fraction of sp³-hybridized carbons (Fsp3) is 0.538. The highest BCUT2D eigenvalue weighted by molar-refractivity contribution is 8.06. The summed E-state index contributed by atoms with van der Waals surface area (Å²) in [6.07, 6.45) is 0. The molecule has 1 atom stereocenters. The predicted molar refractivity (Wildman–Crippen MR) is 76.4 cm³/mol. The van der Waals surface area contributed by atoms with E-state index >= 15 is 0 Å². The van der Waals surface area contributed by atoms with Crippen LogP contribution in [0.3, 0.4) is 0 Å². The van der Waals surface area contributed by atoms with E-state index in [-0.39, 0.29) is 5.82 Å². The summed E-state index contributed by atoms with van der Waals surface area (Å²) in [4.78, 5) is 0. The number of hydrogen-bond donors (Lipinski definition) is 1. The molecule has 1 saturated heterocycles. The lowest BCUT2D eigenvalue weighted by Crippen LogP contribution is -2.28. The van der Waals surface area contributed by atoms with Crippen molar-refractivity contribution < 1.29 is 4.39 Å². The molecule has 1 nitrogen and oxygen atoms in total. The highest BCUT2D eigenvalue weighted by Gasteiger charge is 2.13. The predicted octanol–water partition coefficient (Wildman–Crippen LogP) is 3.07. The third-order valence-electron chi connectivity index (χ3n) is 2.88. The first-order chi connectivity index (χ1) is 8.25. The molecule has 1 aliphatic heterocycles. The normalized spacial score (nSPS) is 20.5. The van der Waals surface area contributed by atoms with E-state index in [9.17, 15) is 4.39 Å². The Morgan fingerprint density at radius 2 is 2.29 bits per heavy atom. The van der Waals surface area contributed by atoms with Gasteiger partial charge >= 0.3 is 0 Å². The highest BCUT2D eigenvalue weighted by atomic mass is 32.2. The van der Waals surface area contributed by atoms with Crippen molar-refractivity contribution >= 4 is 23.5 Å². The maximum atomic E-state index is 13.1. The van der Waals surface area contributed by atoms with Gasteiger partial charge in [0, 0.05) is 35.6 Å². The van der Waals surface area contributed by atoms with Gasteiger partial charge in [-0.3, -0.25) is 0 Å². The van der Waals surface area contributed by atoms with E-state index in [0.29, 0.717) is 5.25 Å². The van der Waals surface area contributed by atoms with Gasteiger partial charge in [0.1, 0.15) is 5.82 Å². The Labute approximate surface area is 111 Å². The van der Waals surface area contributed by atoms with E-state index in [1.54, 1.807) is 6.07 Å². The summed E-state index contributed by atoms with van der Waals surface area (Å²) in [5.41, 5.74) is 2.23. The number of rotatable bonds is 4. The van der Waals surface area contributed by atoms with Crippen LogP contribution >= 0.6 is 23.5 Å². The second-order valence-electron chi connectivity index (χ2n) is 4.27. The third-order valence-corrected chi connectivity index (χ3v) is 5.73. The molecule has 0 aliphatic carbocycles. The smallest absolute Gasteiger partial charge is 0.123 e. The van der Waals surface area contributed by atoms with Crippen molar-refractivity contribution in [3.8, 4) is 0 Å². The van der Waals surface area contributed by atoms with Crippen LogP contribution < -0.4 is 5.32 Å². The summed E-state index contributed by atoms with van der Waals surface area (Å²) in [5.74, 6) is 3.63. The molecule has 0 aromatic heterocycles. The molecule has 0 bridgehead atoms. The van der Waals surface area contributed by atoms with Crippen LogP contribution in [0.25, 0.3) is 0 Å². The Balaban J connectivity index is 1.79. The lowest BCUT2D eigenvalue weighted by atomic mass is 10.1. The van der Waals surface area contributed by atoms with Crippen LogP contribution in [0, 0.1) is 12.7 Å². The number of aryl methyl sites for hydroxylation is 1. The minimum absolute atomic E-state index is 0.144. The minimum Gasteiger partial charge on any atom is -0.312 e. The fourth-order valence-electron chi connectivity index (χ4n) is 1.85. The Morgan fingerprint density at radius 1 is 1.41 bits per heavy atom. The number of hydrogen-bond acceptors (Lipinski definition) is 3. The van der Waals surface area contributed by atoms with E-state index in [0.717, 1.165) is 24.2 Å². The summed E-state index contributed by atoms with van der Waals surface area (Å²) in [6, 6.07) is 5.00. The third kappa shape index (κ3) is 4.19. The standard InChI is InChI=1S/C13H18FNS2/c1-10-2-3-12(14)6-11(10)7-15-8-13-9-16-4-5-17-13/h2-3,6,13,15H,4-5,7-9H2,1H3. The van der Waals surface area contributed by atoms with E-state index in [1.165, 1.54) is 23.3 Å². The van der Waals surface area contributed by atoms with Gasteiger partial charge in [-0.15, -0.1) is 0 Å². The van der Waals surface area contributed by atoms with E-state index in [4.69, 9.17) is 0 Å². The summed E-state index contributed by atoms with van der Waals surface area (Å²) in [5, 5.41) is 4.15. The molecule has 2 rings (SSSR count). The molecular weight excluding hydrogens is 253 g/mol. The van der Waals surface area contributed by atoms with Crippen molar-refractivity contribution in [1.82, 2.24) is 5.32 Å². The van der Waals surface area contributed by atoms with Crippen LogP contribution in [-0.4, -0.2) is 29.1 Å². The lowest BCUT2D eigenvalue weighted by Gasteiger charge is -2.21. The lowest BCUT2D eigenvalue weighted by molar-refractivity contribution is 0.619. The van der Waals surface area contributed by atoms with Gasteiger partial charge in [0.15, 0.2) is 0 Å². The monoisotopic (exact) mass is 271 g/mol. The molecule has 0 spiro atoms. The second-order valence-corrected chi connectivity index (χ2v) is 6.83. The first kappa shape index (κ1) is 13.2. The van der Waals surface area contributed by atoms with Gasteiger partial charge in [0.05, 0.1) is 0 Å². The zero-order valence-electron chi connectivity index (χ0n) is 10.0. The molecule has 1 aliphatic rings. The van der Waals surface area contributed by atoms with Gasteiger partial charge in [-0.1, -0.05) is 6.07 Å². The quantitative estimate of drug-likeness (QED) is 0.904. The molecule has 0 saturated carbocycles. The van der Waals surface area contributed by atoms with Gasteiger partial charge in [0.25, 0.3) is 0 Å². The summed E-state index contributed by atoms with van der Waals surface area (Å²) in [6.45, 7) is 3.82. The highest BCUT2D eigenvalue weighted by Crippen LogP contribution is 2.23. The first-order valence-corrected chi connectivity index (χ1v) is 8.11. The molecule has 0 radical (unpaired) electrons. The van der Waals surface area contributed by atoms with Crippen molar-refractivity contribution in [2.45, 2.75) is 18.7 Å². The Kier molecular flexibility index (Phi) is 5.19. The SMILES string of the molecule is Cc1ccc(F)cc1CNCC1CSCCS1. The number of nitrogens with one attached hydrogen (secondary N) is 1. The summed E-state index contributed by atoms with van der Waals surface area (Å²) >= 11 is 4.08. The zero-order chi connectivity index (χ0) is 12.1. The van der Waals surface area contributed by atoms with Crippen LogP contribution in [0.4, 0.5) is 4.39 Å².